The van der Waals surface area contributed by atoms with Crippen molar-refractivity contribution in [2.45, 2.75) is 38.6 Å². The van der Waals surface area contributed by atoms with Gasteiger partial charge in [-0.15, -0.1) is 0 Å². The van der Waals surface area contributed by atoms with Crippen LogP contribution in [-0.2, 0) is 9.59 Å². The number of nitrogens with one attached hydrogen (secondary N) is 1. The molecule has 4 N–H and O–H groups in total. The van der Waals surface area contributed by atoms with Gasteiger partial charge in [0, 0.05) is 18.5 Å². The first-order valence-electron chi connectivity index (χ1n) is 5.80. The standard InChI is InChI=1S/C11H20N2O3/c1-2-7(11(15)16)6-13-10(14)8-3-4-9(12)5-8/h7-9H,2-6,12H2,1H3,(H,13,14)(H,15,16). The number of carboxylic acid groups (broad SMARTS) is 1. The number of carboxylic acids is 1. The van der Waals surface area contributed by atoms with E-state index < -0.39 is 11.9 Å². The minimum absolute atomic E-state index is 0.0266. The van der Waals surface area contributed by atoms with Gasteiger partial charge in [-0.25, -0.2) is 0 Å². The van der Waals surface area contributed by atoms with Gasteiger partial charge in [-0.3, -0.25) is 9.59 Å². The zero-order valence-corrected chi connectivity index (χ0v) is 9.61. The van der Waals surface area contributed by atoms with Crippen LogP contribution in [0.4, 0.5) is 0 Å². The molecule has 0 aliphatic heterocycles. The summed E-state index contributed by atoms with van der Waals surface area (Å²) < 4.78 is 0. The fourth-order valence-electron chi connectivity index (χ4n) is 2.03. The second-order valence-electron chi connectivity index (χ2n) is 4.46. The average molecular weight is 228 g/mol. The van der Waals surface area contributed by atoms with E-state index in [1.807, 2.05) is 0 Å². The van der Waals surface area contributed by atoms with Gasteiger partial charge < -0.3 is 16.2 Å². The van der Waals surface area contributed by atoms with Crippen LogP contribution in [0.25, 0.3) is 0 Å². The topological polar surface area (TPSA) is 92.4 Å². The molecule has 1 saturated carbocycles. The molecular weight excluding hydrogens is 208 g/mol. The molecule has 92 valence electrons. The lowest BCUT2D eigenvalue weighted by Gasteiger charge is -2.14. The molecule has 0 aromatic rings. The molecule has 0 aromatic carbocycles. The molecular formula is C11H20N2O3. The number of carbonyl (C=O) groups is 2. The molecule has 0 radical (unpaired) electrons. The van der Waals surface area contributed by atoms with Gasteiger partial charge in [-0.05, 0) is 25.7 Å². The van der Waals surface area contributed by atoms with Crippen LogP contribution in [0, 0.1) is 11.8 Å². The molecule has 0 bridgehead atoms. The number of amides is 1. The summed E-state index contributed by atoms with van der Waals surface area (Å²) in [6.07, 6.45) is 2.95. The van der Waals surface area contributed by atoms with Crippen molar-refractivity contribution < 1.29 is 14.7 Å². The number of hydrogen-bond donors (Lipinski definition) is 3. The van der Waals surface area contributed by atoms with Crippen molar-refractivity contribution in [3.8, 4) is 0 Å². The first-order valence-corrected chi connectivity index (χ1v) is 5.80. The predicted octanol–water partition coefficient (Wildman–Crippen LogP) is 0.341. The third-order valence-electron chi connectivity index (χ3n) is 3.21. The van der Waals surface area contributed by atoms with E-state index in [9.17, 15) is 9.59 Å². The second kappa shape index (κ2) is 5.84. The normalized spacial score (nSPS) is 26.4. The highest BCUT2D eigenvalue weighted by Gasteiger charge is 2.28. The molecule has 3 atom stereocenters. The van der Waals surface area contributed by atoms with Crippen LogP contribution in [0.15, 0.2) is 0 Å². The van der Waals surface area contributed by atoms with Gasteiger partial charge in [-0.2, -0.15) is 0 Å². The minimum Gasteiger partial charge on any atom is -0.481 e. The summed E-state index contributed by atoms with van der Waals surface area (Å²) in [6.45, 7) is 2.02. The Labute approximate surface area is 95.4 Å². The summed E-state index contributed by atoms with van der Waals surface area (Å²) in [4.78, 5) is 22.4. The van der Waals surface area contributed by atoms with E-state index in [1.54, 1.807) is 6.92 Å². The van der Waals surface area contributed by atoms with Crippen molar-refractivity contribution in [3.63, 3.8) is 0 Å². The van der Waals surface area contributed by atoms with Crippen LogP contribution in [0.1, 0.15) is 32.6 Å². The highest BCUT2D eigenvalue weighted by atomic mass is 16.4. The number of aliphatic carboxylic acids is 1. The Morgan fingerprint density at radius 1 is 1.50 bits per heavy atom. The van der Waals surface area contributed by atoms with Crippen molar-refractivity contribution in [1.29, 1.82) is 0 Å². The average Bonchev–Trinajstić information content (AvgIpc) is 2.65. The van der Waals surface area contributed by atoms with Crippen molar-refractivity contribution >= 4 is 11.9 Å². The molecule has 0 heterocycles. The van der Waals surface area contributed by atoms with Crippen LogP contribution in [0.5, 0.6) is 0 Å². The predicted molar refractivity (Wildman–Crippen MR) is 59.7 cm³/mol. The van der Waals surface area contributed by atoms with E-state index in [1.165, 1.54) is 0 Å². The summed E-state index contributed by atoms with van der Waals surface area (Å²) >= 11 is 0. The van der Waals surface area contributed by atoms with Gasteiger partial charge in [-0.1, -0.05) is 6.92 Å². The van der Waals surface area contributed by atoms with Gasteiger partial charge in [0.25, 0.3) is 0 Å². The highest BCUT2D eigenvalue weighted by molar-refractivity contribution is 5.80. The van der Waals surface area contributed by atoms with Crippen LogP contribution in [0.3, 0.4) is 0 Å². The maximum Gasteiger partial charge on any atom is 0.308 e. The largest absolute Gasteiger partial charge is 0.481 e. The van der Waals surface area contributed by atoms with Crippen LogP contribution >= 0.6 is 0 Å². The van der Waals surface area contributed by atoms with Crippen LogP contribution in [0.2, 0.25) is 0 Å². The van der Waals surface area contributed by atoms with Gasteiger partial charge >= 0.3 is 5.97 Å². The Kier molecular flexibility index (Phi) is 4.73. The maximum absolute atomic E-state index is 11.7. The molecule has 1 rings (SSSR count). The van der Waals surface area contributed by atoms with Crippen molar-refractivity contribution in [3.05, 3.63) is 0 Å². The monoisotopic (exact) mass is 228 g/mol. The molecule has 1 aliphatic rings. The number of hydrogen-bond acceptors (Lipinski definition) is 3. The molecule has 1 amide bonds. The summed E-state index contributed by atoms with van der Waals surface area (Å²) in [6, 6.07) is 0.122. The molecule has 0 aromatic heterocycles. The lowest BCUT2D eigenvalue weighted by molar-refractivity contribution is -0.141. The first-order chi connectivity index (χ1) is 7.54. The zero-order chi connectivity index (χ0) is 12.1. The smallest absolute Gasteiger partial charge is 0.308 e. The summed E-state index contributed by atoms with van der Waals surface area (Å²) in [7, 11) is 0. The van der Waals surface area contributed by atoms with E-state index in [2.05, 4.69) is 5.32 Å². The molecule has 5 heteroatoms. The molecule has 3 unspecified atom stereocenters. The minimum atomic E-state index is -0.856. The maximum atomic E-state index is 11.7. The Hall–Kier alpha value is -1.10. The lowest BCUT2D eigenvalue weighted by Crippen LogP contribution is -2.36. The highest BCUT2D eigenvalue weighted by Crippen LogP contribution is 2.24. The fourth-order valence-corrected chi connectivity index (χ4v) is 2.03. The third kappa shape index (κ3) is 3.48. The zero-order valence-electron chi connectivity index (χ0n) is 9.61. The molecule has 5 nitrogen and oxygen atoms in total. The van der Waals surface area contributed by atoms with Crippen LogP contribution < -0.4 is 11.1 Å². The van der Waals surface area contributed by atoms with Gasteiger partial charge in [0.05, 0.1) is 5.92 Å². The van der Waals surface area contributed by atoms with E-state index >= 15 is 0 Å². The van der Waals surface area contributed by atoms with Crippen molar-refractivity contribution in [2.24, 2.45) is 17.6 Å². The van der Waals surface area contributed by atoms with Crippen LogP contribution in [-0.4, -0.2) is 29.6 Å². The van der Waals surface area contributed by atoms with E-state index in [0.717, 1.165) is 19.3 Å². The SMILES string of the molecule is CCC(CNC(=O)C1CCC(N)C1)C(=O)O. The molecule has 1 aliphatic carbocycles. The Morgan fingerprint density at radius 3 is 2.62 bits per heavy atom. The van der Waals surface area contributed by atoms with E-state index in [0.29, 0.717) is 6.42 Å². The summed E-state index contributed by atoms with van der Waals surface area (Å²) in [5, 5.41) is 11.5. The van der Waals surface area contributed by atoms with E-state index in [-0.39, 0.29) is 24.4 Å². The molecule has 0 saturated heterocycles. The van der Waals surface area contributed by atoms with Gasteiger partial charge in [0.2, 0.25) is 5.91 Å². The van der Waals surface area contributed by atoms with Crippen molar-refractivity contribution in [1.82, 2.24) is 5.32 Å². The van der Waals surface area contributed by atoms with Gasteiger partial charge in [0.1, 0.15) is 0 Å². The summed E-state index contributed by atoms with van der Waals surface area (Å²) in [5.41, 5.74) is 5.72. The first kappa shape index (κ1) is 13.0. The number of rotatable bonds is 5. The number of nitrogens with two attached hydrogens (primary N) is 1. The van der Waals surface area contributed by atoms with E-state index in [4.69, 9.17) is 10.8 Å². The Balaban J connectivity index is 2.32. The molecule has 1 fully saturated rings. The second-order valence-corrected chi connectivity index (χ2v) is 4.46. The quantitative estimate of drug-likeness (QED) is 0.632. The third-order valence-corrected chi connectivity index (χ3v) is 3.21. The molecule has 16 heavy (non-hydrogen) atoms. The Morgan fingerprint density at radius 2 is 2.19 bits per heavy atom. The van der Waals surface area contributed by atoms with Crippen molar-refractivity contribution in [2.75, 3.05) is 6.54 Å². The fraction of sp³-hybridized carbons (Fsp3) is 0.818. The summed E-state index contributed by atoms with van der Waals surface area (Å²) in [5.74, 6) is -1.42. The lowest BCUT2D eigenvalue weighted by atomic mass is 10.0. The van der Waals surface area contributed by atoms with Gasteiger partial charge in [0.15, 0.2) is 0 Å². The molecule has 0 spiro atoms. The number of carbonyl (C=O) groups excluding carboxylic acids is 1. The Bertz CT molecular complexity index is 268.